The molecule has 2 aromatic carbocycles. The highest BCUT2D eigenvalue weighted by Crippen LogP contribution is 2.27. The molecular formula is C23H25N3O3S2. The molecule has 8 heteroatoms. The molecule has 4 rings (SSSR count). The number of carbonyl (C=O) groups excluding carboxylic acids is 1. The second-order valence-corrected chi connectivity index (χ2v) is 10.6. The van der Waals surface area contributed by atoms with Crippen LogP contribution in [0.1, 0.15) is 42.5 Å². The van der Waals surface area contributed by atoms with Crippen LogP contribution in [0, 0.1) is 0 Å². The molecule has 1 aliphatic rings. The molecule has 1 N–H and O–H groups in total. The molecular weight excluding hydrogens is 430 g/mol. The Labute approximate surface area is 187 Å². The van der Waals surface area contributed by atoms with Gasteiger partial charge in [-0.05, 0) is 55.3 Å². The number of aromatic nitrogens is 1. The molecule has 162 valence electrons. The maximum absolute atomic E-state index is 13.1. The van der Waals surface area contributed by atoms with E-state index >= 15 is 0 Å². The molecule has 0 saturated heterocycles. The van der Waals surface area contributed by atoms with Crippen LogP contribution in [0.4, 0.5) is 5.69 Å². The Morgan fingerprint density at radius 1 is 1.10 bits per heavy atom. The van der Waals surface area contributed by atoms with Crippen LogP contribution >= 0.6 is 11.3 Å². The van der Waals surface area contributed by atoms with E-state index in [0.717, 1.165) is 42.7 Å². The van der Waals surface area contributed by atoms with Gasteiger partial charge in [-0.3, -0.25) is 4.79 Å². The number of rotatable bonds is 6. The Kier molecular flexibility index (Phi) is 6.50. The lowest BCUT2D eigenvalue weighted by Crippen LogP contribution is -2.38. The molecule has 0 bridgehead atoms. The first-order chi connectivity index (χ1) is 14.9. The quantitative estimate of drug-likeness (QED) is 0.566. The molecule has 1 fully saturated rings. The third kappa shape index (κ3) is 4.87. The zero-order valence-corrected chi connectivity index (χ0v) is 19.0. The Morgan fingerprint density at radius 2 is 1.84 bits per heavy atom. The summed E-state index contributed by atoms with van der Waals surface area (Å²) < 4.78 is 27.7. The van der Waals surface area contributed by atoms with Crippen molar-refractivity contribution in [2.45, 2.75) is 43.0 Å². The lowest BCUT2D eigenvalue weighted by Gasteiger charge is -2.30. The number of carbonyl (C=O) groups is 1. The van der Waals surface area contributed by atoms with Gasteiger partial charge in [0.2, 0.25) is 10.0 Å². The van der Waals surface area contributed by atoms with Gasteiger partial charge in [0.15, 0.2) is 0 Å². The van der Waals surface area contributed by atoms with Crippen molar-refractivity contribution in [3.8, 4) is 10.6 Å². The molecule has 0 spiro atoms. The molecule has 1 amide bonds. The van der Waals surface area contributed by atoms with Crippen LogP contribution in [0.15, 0.2) is 65.0 Å². The van der Waals surface area contributed by atoms with Crippen molar-refractivity contribution in [1.29, 1.82) is 0 Å². The van der Waals surface area contributed by atoms with Crippen LogP contribution in [-0.4, -0.2) is 36.7 Å². The van der Waals surface area contributed by atoms with E-state index in [1.54, 1.807) is 42.8 Å². The first-order valence-corrected chi connectivity index (χ1v) is 12.7. The molecule has 31 heavy (non-hydrogen) atoms. The van der Waals surface area contributed by atoms with Gasteiger partial charge in [-0.2, -0.15) is 4.31 Å². The summed E-state index contributed by atoms with van der Waals surface area (Å²) in [5.74, 6) is -0.348. The summed E-state index contributed by atoms with van der Waals surface area (Å²) >= 11 is 1.55. The SMILES string of the molecule is CN(C1CCCCC1)S(=O)(=O)c1cccc(C(=O)Nc2ccc(-c3nccs3)cc2)c1. The Bertz CT molecular complexity index is 1140. The first kappa shape index (κ1) is 21.7. The Hall–Kier alpha value is -2.55. The normalized spacial score (nSPS) is 15.2. The van der Waals surface area contributed by atoms with E-state index < -0.39 is 10.0 Å². The highest BCUT2D eigenvalue weighted by Gasteiger charge is 2.29. The molecule has 1 heterocycles. The highest BCUT2D eigenvalue weighted by molar-refractivity contribution is 7.89. The second-order valence-electron chi connectivity index (χ2n) is 7.71. The van der Waals surface area contributed by atoms with E-state index in [4.69, 9.17) is 0 Å². The number of nitrogens with zero attached hydrogens (tertiary/aromatic N) is 2. The van der Waals surface area contributed by atoms with Crippen LogP contribution in [-0.2, 0) is 10.0 Å². The minimum atomic E-state index is -3.65. The largest absolute Gasteiger partial charge is 0.322 e. The molecule has 1 aliphatic carbocycles. The van der Waals surface area contributed by atoms with Gasteiger partial charge in [0, 0.05) is 41.5 Å². The number of nitrogens with one attached hydrogen (secondary N) is 1. The van der Waals surface area contributed by atoms with Crippen molar-refractivity contribution in [2.75, 3.05) is 12.4 Å². The van der Waals surface area contributed by atoms with E-state index in [0.29, 0.717) is 11.3 Å². The number of thiazole rings is 1. The number of amides is 1. The van der Waals surface area contributed by atoms with Gasteiger partial charge >= 0.3 is 0 Å². The minimum Gasteiger partial charge on any atom is -0.322 e. The van der Waals surface area contributed by atoms with E-state index in [1.807, 2.05) is 29.6 Å². The number of hydrogen-bond donors (Lipinski definition) is 1. The maximum Gasteiger partial charge on any atom is 0.255 e. The zero-order valence-electron chi connectivity index (χ0n) is 17.3. The van der Waals surface area contributed by atoms with Crippen molar-refractivity contribution < 1.29 is 13.2 Å². The average Bonchev–Trinajstić information content (AvgIpc) is 3.35. The molecule has 1 aromatic heterocycles. The molecule has 0 unspecified atom stereocenters. The monoisotopic (exact) mass is 455 g/mol. The van der Waals surface area contributed by atoms with Gasteiger partial charge < -0.3 is 5.32 Å². The third-order valence-corrected chi connectivity index (χ3v) is 8.41. The summed E-state index contributed by atoms with van der Waals surface area (Å²) in [6.07, 6.45) is 6.77. The summed E-state index contributed by atoms with van der Waals surface area (Å²) in [5.41, 5.74) is 1.92. The predicted molar refractivity (Wildman–Crippen MR) is 124 cm³/mol. The fraction of sp³-hybridized carbons (Fsp3) is 0.304. The fourth-order valence-corrected chi connectivity index (χ4v) is 5.98. The summed E-state index contributed by atoms with van der Waals surface area (Å²) in [7, 11) is -2.01. The van der Waals surface area contributed by atoms with Crippen LogP contribution < -0.4 is 5.32 Å². The summed E-state index contributed by atoms with van der Waals surface area (Å²) in [4.78, 5) is 17.2. The molecule has 0 radical (unpaired) electrons. The third-order valence-electron chi connectivity index (χ3n) is 5.68. The number of sulfonamides is 1. The molecule has 0 atom stereocenters. The van der Waals surface area contributed by atoms with Crippen molar-refractivity contribution in [3.63, 3.8) is 0 Å². The molecule has 0 aliphatic heterocycles. The zero-order chi connectivity index (χ0) is 21.8. The van der Waals surface area contributed by atoms with E-state index in [1.165, 1.54) is 10.4 Å². The topological polar surface area (TPSA) is 79.4 Å². The Balaban J connectivity index is 1.49. The standard InChI is InChI=1S/C23H25N3O3S2/c1-26(20-7-3-2-4-8-20)31(28,29)21-9-5-6-18(16-21)22(27)25-19-12-10-17(11-13-19)23-24-14-15-30-23/h5-6,9-16,20H,2-4,7-8H2,1H3,(H,25,27). The van der Waals surface area contributed by atoms with Crippen molar-refractivity contribution in [1.82, 2.24) is 9.29 Å². The van der Waals surface area contributed by atoms with Crippen LogP contribution in [0.5, 0.6) is 0 Å². The highest BCUT2D eigenvalue weighted by atomic mass is 32.2. The van der Waals surface area contributed by atoms with Gasteiger partial charge in [-0.1, -0.05) is 25.3 Å². The van der Waals surface area contributed by atoms with E-state index in [-0.39, 0.29) is 16.8 Å². The summed E-state index contributed by atoms with van der Waals surface area (Å²) in [6, 6.07) is 13.7. The van der Waals surface area contributed by atoms with Gasteiger partial charge in [-0.25, -0.2) is 13.4 Å². The van der Waals surface area contributed by atoms with Gasteiger partial charge in [0.05, 0.1) is 4.90 Å². The molecule has 6 nitrogen and oxygen atoms in total. The van der Waals surface area contributed by atoms with Gasteiger partial charge in [0.1, 0.15) is 5.01 Å². The minimum absolute atomic E-state index is 0.0209. The molecule has 3 aromatic rings. The van der Waals surface area contributed by atoms with Crippen LogP contribution in [0.3, 0.4) is 0 Å². The van der Waals surface area contributed by atoms with Crippen LogP contribution in [0.2, 0.25) is 0 Å². The summed E-state index contributed by atoms with van der Waals surface area (Å²) in [6.45, 7) is 0. The second kappa shape index (κ2) is 9.30. The van der Waals surface area contributed by atoms with E-state index in [2.05, 4.69) is 10.3 Å². The van der Waals surface area contributed by atoms with E-state index in [9.17, 15) is 13.2 Å². The molecule has 1 saturated carbocycles. The number of hydrogen-bond acceptors (Lipinski definition) is 5. The Morgan fingerprint density at radius 3 is 2.52 bits per heavy atom. The van der Waals surface area contributed by atoms with Crippen LogP contribution in [0.25, 0.3) is 10.6 Å². The number of anilines is 1. The first-order valence-electron chi connectivity index (χ1n) is 10.3. The van der Waals surface area contributed by atoms with Gasteiger partial charge in [0.25, 0.3) is 5.91 Å². The lowest BCUT2D eigenvalue weighted by atomic mass is 9.96. The average molecular weight is 456 g/mol. The summed E-state index contributed by atoms with van der Waals surface area (Å²) in [5, 5.41) is 5.67. The van der Waals surface area contributed by atoms with Gasteiger partial charge in [-0.15, -0.1) is 11.3 Å². The lowest BCUT2D eigenvalue weighted by molar-refractivity contribution is 0.102. The fourth-order valence-electron chi connectivity index (χ4n) is 3.87. The predicted octanol–water partition coefficient (Wildman–Crippen LogP) is 5.02. The maximum atomic E-state index is 13.1. The number of benzene rings is 2. The smallest absolute Gasteiger partial charge is 0.255 e. The van der Waals surface area contributed by atoms with Crippen molar-refractivity contribution in [3.05, 3.63) is 65.7 Å². The van der Waals surface area contributed by atoms with Crippen molar-refractivity contribution in [2.24, 2.45) is 0 Å². The van der Waals surface area contributed by atoms with Crippen molar-refractivity contribution >= 4 is 33.0 Å².